The van der Waals surface area contributed by atoms with Crippen molar-refractivity contribution < 1.29 is 30.8 Å². The molecule has 1 amide bonds. The molecule has 3 heterocycles. The third kappa shape index (κ3) is 5.89. The Morgan fingerprint density at radius 2 is 2.00 bits per heavy atom. The number of halogens is 4. The zero-order valence-electron chi connectivity index (χ0n) is 20.8. The number of hydrogen-bond acceptors (Lipinski definition) is 8. The highest BCUT2D eigenvalue weighted by Crippen LogP contribution is 2.34. The van der Waals surface area contributed by atoms with E-state index in [1.165, 1.54) is 19.1 Å². The quantitative estimate of drug-likeness (QED) is 0.448. The van der Waals surface area contributed by atoms with Crippen molar-refractivity contribution in [1.82, 2.24) is 25.4 Å². The van der Waals surface area contributed by atoms with Crippen LogP contribution in [0.5, 0.6) is 0 Å². The van der Waals surface area contributed by atoms with E-state index in [4.69, 9.17) is 0 Å². The SMILES string of the molecule is CC(C)N1NNN=C1c1cccc(NC(=O)c2cc3c(cc2F)CCN(S(=O)(=O)CCC(F)(F)F)C3C)n1. The molecule has 0 spiro atoms. The maximum Gasteiger partial charge on any atom is 0.390 e. The van der Waals surface area contributed by atoms with Gasteiger partial charge in [0.05, 0.1) is 17.7 Å². The van der Waals surface area contributed by atoms with Crippen molar-refractivity contribution in [3.8, 4) is 0 Å². The molecule has 38 heavy (non-hydrogen) atoms. The standard InChI is InChI=1S/C23H27F4N7O3S/c1-13(2)34-21(30-31-32-34)19-5-4-6-20(28-19)29-22(35)17-12-16-14(3)33(9-7-15(16)11-18(17)24)38(36,37)10-8-23(25,26)27/h4-6,11-14,31-32H,7-10H2,1-3H3,(H,28,29,35). The Morgan fingerprint density at radius 1 is 1.26 bits per heavy atom. The lowest BCUT2D eigenvalue weighted by atomic mass is 9.92. The molecule has 1 aromatic carbocycles. The first-order valence-corrected chi connectivity index (χ1v) is 13.4. The molecule has 1 unspecified atom stereocenters. The lowest BCUT2D eigenvalue weighted by molar-refractivity contribution is -0.130. The molecule has 2 aliphatic heterocycles. The number of pyridine rings is 1. The second kappa shape index (κ2) is 10.5. The third-order valence-corrected chi connectivity index (χ3v) is 8.19. The fourth-order valence-corrected chi connectivity index (χ4v) is 6.03. The van der Waals surface area contributed by atoms with Gasteiger partial charge in [-0.15, -0.1) is 10.6 Å². The third-order valence-electron chi connectivity index (χ3n) is 6.25. The molecule has 1 aromatic heterocycles. The Hall–Kier alpha value is -3.30. The molecule has 1 atom stereocenters. The number of aromatic nitrogens is 1. The molecule has 4 rings (SSSR count). The van der Waals surface area contributed by atoms with Crippen molar-refractivity contribution in [1.29, 1.82) is 0 Å². The Balaban J connectivity index is 1.55. The number of alkyl halides is 3. The minimum atomic E-state index is -4.62. The van der Waals surface area contributed by atoms with Gasteiger partial charge in [-0.3, -0.25) is 9.80 Å². The van der Waals surface area contributed by atoms with Crippen LogP contribution in [-0.2, 0) is 16.4 Å². The van der Waals surface area contributed by atoms with Gasteiger partial charge in [0.25, 0.3) is 5.91 Å². The van der Waals surface area contributed by atoms with Gasteiger partial charge in [-0.25, -0.2) is 23.3 Å². The normalized spacial score (nSPS) is 18.3. The molecule has 0 radical (unpaired) electrons. The summed E-state index contributed by atoms with van der Waals surface area (Å²) in [6.07, 6.45) is -5.99. The lowest BCUT2D eigenvalue weighted by Crippen LogP contribution is -2.45. The minimum absolute atomic E-state index is 0.0345. The van der Waals surface area contributed by atoms with Crippen LogP contribution in [0.15, 0.2) is 35.4 Å². The average Bonchev–Trinajstić information content (AvgIpc) is 3.33. The van der Waals surface area contributed by atoms with Gasteiger partial charge in [0.15, 0.2) is 5.84 Å². The van der Waals surface area contributed by atoms with E-state index in [9.17, 15) is 30.8 Å². The number of carbonyl (C=O) groups is 1. The number of rotatable bonds is 7. The van der Waals surface area contributed by atoms with Crippen LogP contribution in [-0.4, -0.2) is 59.0 Å². The predicted molar refractivity (Wildman–Crippen MR) is 132 cm³/mol. The second-order valence-corrected chi connectivity index (χ2v) is 11.3. The van der Waals surface area contributed by atoms with Gasteiger partial charge in [-0.2, -0.15) is 17.5 Å². The summed E-state index contributed by atoms with van der Waals surface area (Å²) in [7, 11) is -4.24. The summed E-state index contributed by atoms with van der Waals surface area (Å²) in [6.45, 7) is 5.28. The molecule has 0 fully saturated rings. The number of hydrogen-bond donors (Lipinski definition) is 3. The van der Waals surface area contributed by atoms with Crippen molar-refractivity contribution >= 4 is 27.6 Å². The fourth-order valence-electron chi connectivity index (χ4n) is 4.34. The number of benzene rings is 1. The zero-order valence-corrected chi connectivity index (χ0v) is 21.6. The van der Waals surface area contributed by atoms with E-state index in [-0.39, 0.29) is 30.4 Å². The number of carbonyl (C=O) groups excluding carboxylic acids is 1. The first kappa shape index (κ1) is 27.7. The van der Waals surface area contributed by atoms with Crippen molar-refractivity contribution in [2.75, 3.05) is 17.6 Å². The van der Waals surface area contributed by atoms with Crippen molar-refractivity contribution in [2.45, 2.75) is 51.9 Å². The highest BCUT2D eigenvalue weighted by Gasteiger charge is 2.37. The number of hydrazone groups is 1. The predicted octanol–water partition coefficient (Wildman–Crippen LogP) is 3.07. The topological polar surface area (TPSA) is 119 Å². The van der Waals surface area contributed by atoms with Crippen LogP contribution in [0.25, 0.3) is 0 Å². The summed E-state index contributed by atoms with van der Waals surface area (Å²) < 4.78 is 79.0. The minimum Gasteiger partial charge on any atom is -0.306 e. The molecule has 2 aromatic rings. The van der Waals surface area contributed by atoms with E-state index < -0.39 is 46.1 Å². The van der Waals surface area contributed by atoms with Crippen LogP contribution in [0, 0.1) is 5.82 Å². The van der Waals surface area contributed by atoms with Gasteiger partial charge in [0.1, 0.15) is 17.3 Å². The summed E-state index contributed by atoms with van der Waals surface area (Å²) >= 11 is 0. The molecule has 10 nitrogen and oxygen atoms in total. The fraction of sp³-hybridized carbons (Fsp3) is 0.435. The summed E-state index contributed by atoms with van der Waals surface area (Å²) in [5, 5.41) is 8.42. The summed E-state index contributed by atoms with van der Waals surface area (Å²) in [5.41, 5.74) is 6.44. The molecule has 15 heteroatoms. The van der Waals surface area contributed by atoms with Gasteiger partial charge >= 0.3 is 6.18 Å². The molecule has 2 aliphatic rings. The van der Waals surface area contributed by atoms with Gasteiger partial charge in [-0.05, 0) is 62.6 Å². The summed E-state index contributed by atoms with van der Waals surface area (Å²) in [5.74, 6) is -2.09. The number of anilines is 1. The van der Waals surface area contributed by atoms with Crippen LogP contribution in [0.1, 0.15) is 60.4 Å². The van der Waals surface area contributed by atoms with Crippen LogP contribution in [0.2, 0.25) is 0 Å². The number of hydrazine groups is 2. The average molecular weight is 558 g/mol. The van der Waals surface area contributed by atoms with Crippen LogP contribution < -0.4 is 16.4 Å². The lowest BCUT2D eigenvalue weighted by Gasteiger charge is -2.34. The largest absolute Gasteiger partial charge is 0.390 e. The monoisotopic (exact) mass is 557 g/mol. The molecule has 3 N–H and O–H groups in total. The zero-order chi connectivity index (χ0) is 27.8. The van der Waals surface area contributed by atoms with Crippen LogP contribution in [0.3, 0.4) is 0 Å². The maximum absolute atomic E-state index is 14.9. The molecule has 0 saturated heterocycles. The number of fused-ring (bicyclic) bond motifs is 1. The second-order valence-electron chi connectivity index (χ2n) is 9.23. The number of sulfonamides is 1. The molecule has 206 valence electrons. The molecule has 0 aliphatic carbocycles. The molecular weight excluding hydrogens is 530 g/mol. The van der Waals surface area contributed by atoms with E-state index >= 15 is 0 Å². The van der Waals surface area contributed by atoms with E-state index in [2.05, 4.69) is 26.5 Å². The molecular formula is C23H27F4N7O3S. The van der Waals surface area contributed by atoms with Crippen molar-refractivity contribution in [3.05, 3.63) is 58.5 Å². The summed E-state index contributed by atoms with van der Waals surface area (Å²) in [6, 6.07) is 6.41. The summed E-state index contributed by atoms with van der Waals surface area (Å²) in [4.78, 5) is 17.4. The Labute approximate surface area is 217 Å². The van der Waals surface area contributed by atoms with E-state index in [1.54, 1.807) is 17.1 Å². The van der Waals surface area contributed by atoms with Gasteiger partial charge in [0.2, 0.25) is 10.0 Å². The highest BCUT2D eigenvalue weighted by molar-refractivity contribution is 7.89. The maximum atomic E-state index is 14.9. The highest BCUT2D eigenvalue weighted by atomic mass is 32.2. The van der Waals surface area contributed by atoms with E-state index in [0.29, 0.717) is 22.7 Å². The van der Waals surface area contributed by atoms with Crippen LogP contribution in [0.4, 0.5) is 23.4 Å². The smallest absolute Gasteiger partial charge is 0.306 e. The van der Waals surface area contributed by atoms with E-state index in [1.807, 2.05) is 13.8 Å². The van der Waals surface area contributed by atoms with Gasteiger partial charge < -0.3 is 5.32 Å². The van der Waals surface area contributed by atoms with Crippen LogP contribution >= 0.6 is 0 Å². The Kier molecular flexibility index (Phi) is 7.63. The Morgan fingerprint density at radius 3 is 2.68 bits per heavy atom. The first-order valence-electron chi connectivity index (χ1n) is 11.8. The number of nitrogens with zero attached hydrogens (tertiary/aromatic N) is 4. The number of amides is 1. The molecule has 0 saturated carbocycles. The Bertz CT molecular complexity index is 1370. The van der Waals surface area contributed by atoms with Crippen molar-refractivity contribution in [2.24, 2.45) is 5.10 Å². The van der Waals surface area contributed by atoms with Crippen molar-refractivity contribution in [3.63, 3.8) is 0 Å². The van der Waals surface area contributed by atoms with E-state index in [0.717, 1.165) is 10.4 Å². The number of nitrogens with one attached hydrogen (secondary N) is 3. The van der Waals surface area contributed by atoms with Gasteiger partial charge in [-0.1, -0.05) is 6.07 Å². The molecule has 0 bridgehead atoms. The number of amidine groups is 1. The first-order chi connectivity index (χ1) is 17.8. The van der Waals surface area contributed by atoms with Gasteiger partial charge in [0, 0.05) is 18.6 Å².